The predicted molar refractivity (Wildman–Crippen MR) is 102 cm³/mol. The zero-order valence-electron chi connectivity index (χ0n) is 14.4. The SMILES string of the molecule is Cc1nc(N2CCCC2C(C#N)c2ccccc2)c2c(C)csc2n1. The summed E-state index contributed by atoms with van der Waals surface area (Å²) >= 11 is 1.67. The number of nitrogens with zero attached hydrogens (tertiary/aromatic N) is 4. The minimum Gasteiger partial charge on any atom is -0.351 e. The Labute approximate surface area is 151 Å². The minimum atomic E-state index is -0.145. The summed E-state index contributed by atoms with van der Waals surface area (Å²) in [6.07, 6.45) is 2.10. The van der Waals surface area contributed by atoms with E-state index in [-0.39, 0.29) is 12.0 Å². The molecule has 0 N–H and O–H groups in total. The fourth-order valence-electron chi connectivity index (χ4n) is 3.82. The van der Waals surface area contributed by atoms with Crippen LogP contribution in [0.25, 0.3) is 10.2 Å². The zero-order valence-corrected chi connectivity index (χ0v) is 15.3. The first-order valence-corrected chi connectivity index (χ1v) is 9.50. The molecule has 3 aromatic rings. The van der Waals surface area contributed by atoms with E-state index in [0.29, 0.717) is 0 Å². The molecule has 0 bridgehead atoms. The topological polar surface area (TPSA) is 52.8 Å². The van der Waals surface area contributed by atoms with Gasteiger partial charge in [0.1, 0.15) is 16.5 Å². The molecule has 1 aromatic carbocycles. The molecule has 0 radical (unpaired) electrons. The summed E-state index contributed by atoms with van der Waals surface area (Å²) < 4.78 is 0. The molecule has 1 fully saturated rings. The zero-order chi connectivity index (χ0) is 17.4. The third kappa shape index (κ3) is 2.77. The average molecular weight is 348 g/mol. The van der Waals surface area contributed by atoms with E-state index in [1.54, 1.807) is 11.3 Å². The van der Waals surface area contributed by atoms with E-state index in [4.69, 9.17) is 4.98 Å². The summed E-state index contributed by atoms with van der Waals surface area (Å²) in [6.45, 7) is 5.00. The van der Waals surface area contributed by atoms with Crippen LogP contribution in [0.2, 0.25) is 0 Å². The van der Waals surface area contributed by atoms with Crippen molar-refractivity contribution in [2.75, 3.05) is 11.4 Å². The number of aromatic nitrogens is 2. The van der Waals surface area contributed by atoms with Crippen LogP contribution < -0.4 is 4.90 Å². The lowest BCUT2D eigenvalue weighted by atomic mass is 9.91. The van der Waals surface area contributed by atoms with Gasteiger partial charge in [0.15, 0.2) is 0 Å². The first-order chi connectivity index (χ1) is 12.2. The second-order valence-electron chi connectivity index (χ2n) is 6.61. The molecule has 2 unspecified atom stereocenters. The highest BCUT2D eigenvalue weighted by molar-refractivity contribution is 7.17. The summed E-state index contributed by atoms with van der Waals surface area (Å²) in [4.78, 5) is 12.8. The van der Waals surface area contributed by atoms with E-state index in [0.717, 1.165) is 46.8 Å². The van der Waals surface area contributed by atoms with Crippen LogP contribution in [0.3, 0.4) is 0 Å². The van der Waals surface area contributed by atoms with Gasteiger partial charge in [0.2, 0.25) is 0 Å². The monoisotopic (exact) mass is 348 g/mol. The number of fused-ring (bicyclic) bond motifs is 1. The fourth-order valence-corrected chi connectivity index (χ4v) is 4.78. The van der Waals surface area contributed by atoms with Gasteiger partial charge < -0.3 is 4.90 Å². The van der Waals surface area contributed by atoms with Gasteiger partial charge in [-0.2, -0.15) is 5.26 Å². The van der Waals surface area contributed by atoms with Gasteiger partial charge >= 0.3 is 0 Å². The van der Waals surface area contributed by atoms with Crippen molar-refractivity contribution in [2.24, 2.45) is 0 Å². The van der Waals surface area contributed by atoms with E-state index in [1.807, 2.05) is 25.1 Å². The smallest absolute Gasteiger partial charge is 0.141 e. The Morgan fingerprint density at radius 2 is 2.04 bits per heavy atom. The third-order valence-corrected chi connectivity index (χ3v) is 5.95. The minimum absolute atomic E-state index is 0.145. The molecule has 0 saturated carbocycles. The maximum atomic E-state index is 9.88. The van der Waals surface area contributed by atoms with Gasteiger partial charge in [-0.25, -0.2) is 9.97 Å². The Morgan fingerprint density at radius 3 is 2.80 bits per heavy atom. The standard InChI is InChI=1S/C20H20N4S/c1-13-12-25-20-18(13)19(22-14(2)23-20)24-10-6-9-17(24)16(11-21)15-7-4-3-5-8-15/h3-5,7-8,12,16-17H,6,9-10H2,1-2H3. The first-order valence-electron chi connectivity index (χ1n) is 8.62. The Hall–Kier alpha value is -2.45. The normalized spacial score (nSPS) is 18.4. The summed E-state index contributed by atoms with van der Waals surface area (Å²) in [5, 5.41) is 13.2. The van der Waals surface area contributed by atoms with Crippen LogP contribution >= 0.6 is 11.3 Å². The Balaban J connectivity index is 1.80. The second-order valence-corrected chi connectivity index (χ2v) is 7.47. The molecule has 5 heteroatoms. The van der Waals surface area contributed by atoms with Crippen molar-refractivity contribution in [2.45, 2.75) is 38.6 Å². The molecule has 25 heavy (non-hydrogen) atoms. The highest BCUT2D eigenvalue weighted by atomic mass is 32.1. The maximum Gasteiger partial charge on any atom is 0.141 e. The fraction of sp³-hybridized carbons (Fsp3) is 0.350. The summed E-state index contributed by atoms with van der Waals surface area (Å²) in [6, 6.07) is 12.8. The number of nitriles is 1. The number of hydrogen-bond acceptors (Lipinski definition) is 5. The number of aryl methyl sites for hydroxylation is 2. The molecule has 2 aromatic heterocycles. The molecule has 2 atom stereocenters. The summed E-state index contributed by atoms with van der Waals surface area (Å²) in [5.41, 5.74) is 2.31. The van der Waals surface area contributed by atoms with Crippen molar-refractivity contribution in [1.82, 2.24) is 9.97 Å². The number of hydrogen-bond donors (Lipinski definition) is 0. The van der Waals surface area contributed by atoms with Crippen molar-refractivity contribution in [3.05, 3.63) is 52.7 Å². The van der Waals surface area contributed by atoms with Gasteiger partial charge in [0.05, 0.1) is 23.4 Å². The van der Waals surface area contributed by atoms with Crippen molar-refractivity contribution < 1.29 is 0 Å². The van der Waals surface area contributed by atoms with E-state index < -0.39 is 0 Å². The second kappa shape index (κ2) is 6.45. The van der Waals surface area contributed by atoms with Gasteiger partial charge in [0, 0.05) is 6.54 Å². The van der Waals surface area contributed by atoms with Crippen LogP contribution in [0.15, 0.2) is 35.7 Å². The summed E-state index contributed by atoms with van der Waals surface area (Å²) in [5.74, 6) is 1.65. The molecule has 4 rings (SSSR count). The molecule has 126 valence electrons. The molecule has 1 aliphatic heterocycles. The van der Waals surface area contributed by atoms with Crippen LogP contribution in [0.5, 0.6) is 0 Å². The molecular weight excluding hydrogens is 328 g/mol. The van der Waals surface area contributed by atoms with Crippen LogP contribution in [0.4, 0.5) is 5.82 Å². The third-order valence-electron chi connectivity index (χ3n) is 4.96. The molecule has 4 nitrogen and oxygen atoms in total. The summed E-state index contributed by atoms with van der Waals surface area (Å²) in [7, 11) is 0. The van der Waals surface area contributed by atoms with Crippen molar-refractivity contribution >= 4 is 27.4 Å². The molecular formula is C20H20N4S. The van der Waals surface area contributed by atoms with Gasteiger partial charge in [-0.1, -0.05) is 30.3 Å². The van der Waals surface area contributed by atoms with Gasteiger partial charge in [-0.15, -0.1) is 11.3 Å². The molecule has 1 saturated heterocycles. The molecule has 0 aliphatic carbocycles. The number of benzene rings is 1. The molecule has 0 spiro atoms. The Morgan fingerprint density at radius 1 is 1.24 bits per heavy atom. The highest BCUT2D eigenvalue weighted by Crippen LogP contribution is 2.38. The van der Waals surface area contributed by atoms with E-state index in [1.165, 1.54) is 5.56 Å². The van der Waals surface area contributed by atoms with Crippen molar-refractivity contribution in [1.29, 1.82) is 5.26 Å². The quantitative estimate of drug-likeness (QED) is 0.695. The lowest BCUT2D eigenvalue weighted by Gasteiger charge is -2.30. The molecule has 0 amide bonds. The van der Waals surface area contributed by atoms with Crippen LogP contribution in [-0.2, 0) is 0 Å². The van der Waals surface area contributed by atoms with E-state index in [2.05, 4.69) is 40.4 Å². The predicted octanol–water partition coefficient (Wildman–Crippen LogP) is 4.58. The first kappa shape index (κ1) is 16.0. The van der Waals surface area contributed by atoms with Crippen molar-refractivity contribution in [3.63, 3.8) is 0 Å². The Kier molecular flexibility index (Phi) is 4.14. The molecule has 1 aliphatic rings. The van der Waals surface area contributed by atoms with E-state index >= 15 is 0 Å². The van der Waals surface area contributed by atoms with Gasteiger partial charge in [-0.05, 0) is 43.2 Å². The van der Waals surface area contributed by atoms with Gasteiger partial charge in [0.25, 0.3) is 0 Å². The molecule has 3 heterocycles. The van der Waals surface area contributed by atoms with Crippen LogP contribution in [0, 0.1) is 25.2 Å². The number of rotatable bonds is 3. The van der Waals surface area contributed by atoms with E-state index in [9.17, 15) is 5.26 Å². The van der Waals surface area contributed by atoms with Gasteiger partial charge in [-0.3, -0.25) is 0 Å². The largest absolute Gasteiger partial charge is 0.351 e. The number of anilines is 1. The lowest BCUT2D eigenvalue weighted by molar-refractivity contribution is 0.608. The lowest BCUT2D eigenvalue weighted by Crippen LogP contribution is -2.35. The van der Waals surface area contributed by atoms with Crippen LogP contribution in [-0.4, -0.2) is 22.6 Å². The number of thiophene rings is 1. The average Bonchev–Trinajstić information content (AvgIpc) is 3.23. The Bertz CT molecular complexity index is 941. The van der Waals surface area contributed by atoms with Crippen molar-refractivity contribution in [3.8, 4) is 6.07 Å². The highest BCUT2D eigenvalue weighted by Gasteiger charge is 2.35. The maximum absolute atomic E-state index is 9.88. The van der Waals surface area contributed by atoms with Crippen LogP contribution in [0.1, 0.15) is 35.7 Å².